The lowest BCUT2D eigenvalue weighted by molar-refractivity contribution is 0.667. The Balaban J connectivity index is 1.24. The SMILES string of the molecule is CC1(C)c2cc(N(c3ccccc3)c3ccc(C#N)cc3)c3ccccc3c2-c2c1c1ccc(N(c3ccccc3)c3ccc(C#N)cc3)cc1c1ccccc21. The summed E-state index contributed by atoms with van der Waals surface area (Å²) in [6.07, 6.45) is 0. The van der Waals surface area contributed by atoms with Gasteiger partial charge in [0.15, 0.2) is 0 Å². The maximum atomic E-state index is 9.63. The molecule has 0 saturated carbocycles. The second-order valence-electron chi connectivity index (χ2n) is 15.2. The smallest absolute Gasteiger partial charge is 0.0991 e. The minimum Gasteiger partial charge on any atom is -0.310 e. The molecule has 1 aliphatic carbocycles. The topological polar surface area (TPSA) is 54.1 Å². The molecule has 0 unspecified atom stereocenters. The van der Waals surface area contributed by atoms with Crippen LogP contribution < -0.4 is 9.80 Å². The summed E-state index contributed by atoms with van der Waals surface area (Å²) in [5.41, 5.74) is 12.3. The fourth-order valence-electron chi connectivity index (χ4n) is 9.06. The molecular weight excluding hydrogens is 693 g/mol. The Kier molecular flexibility index (Phi) is 7.89. The summed E-state index contributed by atoms with van der Waals surface area (Å²) in [5.74, 6) is 0. The van der Waals surface area contributed by atoms with E-state index in [1.807, 2.05) is 60.7 Å². The molecule has 4 heteroatoms. The maximum absolute atomic E-state index is 9.63. The van der Waals surface area contributed by atoms with E-state index in [4.69, 9.17) is 0 Å². The normalized spacial score (nSPS) is 12.5. The fraction of sp³-hybridized carbons (Fsp3) is 0.0566. The lowest BCUT2D eigenvalue weighted by Gasteiger charge is -2.30. The van der Waals surface area contributed by atoms with Crippen LogP contribution in [0.15, 0.2) is 182 Å². The van der Waals surface area contributed by atoms with Crippen LogP contribution in [0.25, 0.3) is 43.4 Å². The zero-order valence-corrected chi connectivity index (χ0v) is 31.6. The molecule has 9 aromatic rings. The van der Waals surface area contributed by atoms with Crippen molar-refractivity contribution in [3.8, 4) is 23.3 Å². The van der Waals surface area contributed by atoms with Crippen molar-refractivity contribution in [3.63, 3.8) is 0 Å². The highest BCUT2D eigenvalue weighted by Gasteiger charge is 2.40. The summed E-state index contributed by atoms with van der Waals surface area (Å²) >= 11 is 0. The van der Waals surface area contributed by atoms with Crippen LogP contribution >= 0.6 is 0 Å². The number of hydrogen-bond donors (Lipinski definition) is 0. The molecule has 0 amide bonds. The minimum absolute atomic E-state index is 0.355. The van der Waals surface area contributed by atoms with Gasteiger partial charge in [0.05, 0.1) is 29.0 Å². The molecule has 0 bridgehead atoms. The molecule has 10 rings (SSSR count). The fourth-order valence-corrected chi connectivity index (χ4v) is 9.06. The van der Waals surface area contributed by atoms with Gasteiger partial charge in [-0.05, 0) is 140 Å². The van der Waals surface area contributed by atoms with Gasteiger partial charge in [-0.1, -0.05) is 105 Å². The summed E-state index contributed by atoms with van der Waals surface area (Å²) < 4.78 is 0. The Morgan fingerprint density at radius 1 is 0.386 bits per heavy atom. The van der Waals surface area contributed by atoms with Gasteiger partial charge < -0.3 is 9.80 Å². The van der Waals surface area contributed by atoms with Crippen molar-refractivity contribution in [3.05, 3.63) is 204 Å². The van der Waals surface area contributed by atoms with Gasteiger partial charge >= 0.3 is 0 Å². The van der Waals surface area contributed by atoms with Gasteiger partial charge in [0.1, 0.15) is 0 Å². The third-order valence-corrected chi connectivity index (χ3v) is 11.6. The number of para-hydroxylation sites is 2. The number of nitriles is 2. The average Bonchev–Trinajstić information content (AvgIpc) is 3.51. The van der Waals surface area contributed by atoms with Crippen LogP contribution in [0.5, 0.6) is 0 Å². The standard InChI is InChI=1S/C53H36N4/c1-53(2)48-32-49(57(38-15-7-4-8-16-38)40-27-23-36(34-55)24-28-40)43-18-10-12-20-45(43)50(48)51-44-19-11-9-17-42(44)47-31-41(29-30-46(47)52(51)53)56(37-13-5-3-6-14-37)39-25-21-35(33-54)22-26-39/h3-32H,1-2H3. The molecule has 0 aliphatic heterocycles. The number of rotatable bonds is 6. The molecule has 0 spiro atoms. The van der Waals surface area contributed by atoms with E-state index in [-0.39, 0.29) is 5.41 Å². The molecule has 0 N–H and O–H groups in total. The third kappa shape index (κ3) is 5.35. The zero-order valence-electron chi connectivity index (χ0n) is 31.6. The van der Waals surface area contributed by atoms with Gasteiger partial charge in [0.2, 0.25) is 0 Å². The van der Waals surface area contributed by atoms with E-state index in [0.29, 0.717) is 11.1 Å². The molecule has 9 aromatic carbocycles. The van der Waals surface area contributed by atoms with Crippen molar-refractivity contribution in [2.75, 3.05) is 9.80 Å². The monoisotopic (exact) mass is 728 g/mol. The molecule has 0 radical (unpaired) electrons. The van der Waals surface area contributed by atoms with E-state index in [0.717, 1.165) is 39.5 Å². The van der Waals surface area contributed by atoms with Gasteiger partial charge in [-0.3, -0.25) is 0 Å². The van der Waals surface area contributed by atoms with Gasteiger partial charge in [-0.2, -0.15) is 10.5 Å². The molecule has 4 nitrogen and oxygen atoms in total. The van der Waals surface area contributed by atoms with E-state index in [1.165, 1.54) is 49.2 Å². The van der Waals surface area contributed by atoms with E-state index >= 15 is 0 Å². The number of fused-ring (bicyclic) bond motifs is 10. The maximum Gasteiger partial charge on any atom is 0.0991 e. The van der Waals surface area contributed by atoms with E-state index < -0.39 is 0 Å². The van der Waals surface area contributed by atoms with Crippen LogP contribution in [-0.2, 0) is 5.41 Å². The van der Waals surface area contributed by atoms with E-state index in [2.05, 4.69) is 157 Å². The van der Waals surface area contributed by atoms with Crippen molar-refractivity contribution in [1.82, 2.24) is 0 Å². The minimum atomic E-state index is -0.355. The molecule has 57 heavy (non-hydrogen) atoms. The van der Waals surface area contributed by atoms with Crippen LogP contribution in [0.1, 0.15) is 36.1 Å². The lowest BCUT2D eigenvalue weighted by atomic mass is 9.79. The van der Waals surface area contributed by atoms with Gasteiger partial charge in [-0.25, -0.2) is 0 Å². The van der Waals surface area contributed by atoms with Gasteiger partial charge in [-0.15, -0.1) is 0 Å². The van der Waals surface area contributed by atoms with Crippen LogP contribution in [0.2, 0.25) is 0 Å². The highest BCUT2D eigenvalue weighted by molar-refractivity contribution is 6.23. The predicted octanol–water partition coefficient (Wildman–Crippen LogP) is 14.1. The van der Waals surface area contributed by atoms with Crippen molar-refractivity contribution in [2.24, 2.45) is 0 Å². The molecule has 1 aliphatic rings. The van der Waals surface area contributed by atoms with Crippen LogP contribution in [0.4, 0.5) is 34.1 Å². The summed E-state index contributed by atoms with van der Waals surface area (Å²) in [6.45, 7) is 4.75. The summed E-state index contributed by atoms with van der Waals surface area (Å²) in [7, 11) is 0. The third-order valence-electron chi connectivity index (χ3n) is 11.6. The first-order valence-electron chi connectivity index (χ1n) is 19.2. The molecule has 0 saturated heterocycles. The highest BCUT2D eigenvalue weighted by atomic mass is 15.1. The molecular formula is C53H36N4. The molecule has 0 fully saturated rings. The van der Waals surface area contributed by atoms with Crippen molar-refractivity contribution >= 4 is 66.4 Å². The quantitative estimate of drug-likeness (QED) is 0.160. The summed E-state index contributed by atoms with van der Waals surface area (Å²) in [6, 6.07) is 68.2. The Labute approximate surface area is 332 Å². The largest absolute Gasteiger partial charge is 0.310 e. The van der Waals surface area contributed by atoms with Crippen molar-refractivity contribution < 1.29 is 0 Å². The highest BCUT2D eigenvalue weighted by Crippen LogP contribution is 2.59. The van der Waals surface area contributed by atoms with Crippen LogP contribution in [-0.4, -0.2) is 0 Å². The average molecular weight is 729 g/mol. The molecule has 0 heterocycles. The summed E-state index contributed by atoms with van der Waals surface area (Å²) in [4.78, 5) is 4.59. The van der Waals surface area contributed by atoms with Crippen molar-refractivity contribution in [2.45, 2.75) is 19.3 Å². The first-order valence-corrected chi connectivity index (χ1v) is 19.2. The Hall–Kier alpha value is -7.66. The predicted molar refractivity (Wildman–Crippen MR) is 235 cm³/mol. The zero-order chi connectivity index (χ0) is 38.7. The lowest BCUT2D eigenvalue weighted by Crippen LogP contribution is -2.17. The van der Waals surface area contributed by atoms with Crippen LogP contribution in [0, 0.1) is 22.7 Å². The molecule has 0 atom stereocenters. The first-order chi connectivity index (χ1) is 28.0. The van der Waals surface area contributed by atoms with Gasteiger partial charge in [0.25, 0.3) is 0 Å². The Morgan fingerprint density at radius 3 is 1.42 bits per heavy atom. The molecule has 0 aromatic heterocycles. The van der Waals surface area contributed by atoms with E-state index in [9.17, 15) is 10.5 Å². The summed E-state index contributed by atoms with van der Waals surface area (Å²) in [5, 5.41) is 26.4. The number of hydrogen-bond acceptors (Lipinski definition) is 4. The number of nitrogens with zero attached hydrogens (tertiary/aromatic N) is 4. The van der Waals surface area contributed by atoms with Crippen molar-refractivity contribution in [1.29, 1.82) is 10.5 Å². The molecule has 268 valence electrons. The Morgan fingerprint density at radius 2 is 0.842 bits per heavy atom. The second-order valence-corrected chi connectivity index (χ2v) is 15.2. The first kappa shape index (κ1) is 33.9. The van der Waals surface area contributed by atoms with E-state index in [1.54, 1.807) is 0 Å². The second kappa shape index (κ2) is 13.3. The van der Waals surface area contributed by atoms with Crippen LogP contribution in [0.3, 0.4) is 0 Å². The Bertz CT molecular complexity index is 3100. The number of anilines is 6. The van der Waals surface area contributed by atoms with Gasteiger partial charge in [0, 0.05) is 39.2 Å². The number of benzene rings is 9.